The Morgan fingerprint density at radius 1 is 1.30 bits per heavy atom. The second-order valence-corrected chi connectivity index (χ2v) is 6.52. The number of nitrogens with one attached hydrogen (secondary N) is 2. The van der Waals surface area contributed by atoms with Gasteiger partial charge in [-0.3, -0.25) is 0 Å². The van der Waals surface area contributed by atoms with Crippen LogP contribution in [0.3, 0.4) is 0 Å². The third-order valence-corrected chi connectivity index (χ3v) is 5.00. The second-order valence-electron chi connectivity index (χ2n) is 6.52. The third-order valence-electron chi connectivity index (χ3n) is 5.00. The summed E-state index contributed by atoms with van der Waals surface area (Å²) in [5, 5.41) is 6.81. The summed E-state index contributed by atoms with van der Waals surface area (Å²) in [5.74, 6) is 4.46. The number of hydrogen-bond donors (Lipinski definition) is 2. The van der Waals surface area contributed by atoms with Crippen LogP contribution in [-0.4, -0.2) is 22.6 Å². The van der Waals surface area contributed by atoms with E-state index in [1.165, 1.54) is 25.7 Å². The molecule has 1 heterocycles. The van der Waals surface area contributed by atoms with Gasteiger partial charge in [-0.1, -0.05) is 6.42 Å². The maximum atomic E-state index is 4.56. The van der Waals surface area contributed by atoms with Gasteiger partial charge in [0, 0.05) is 24.3 Å². The van der Waals surface area contributed by atoms with Gasteiger partial charge in [0.1, 0.15) is 5.82 Å². The van der Waals surface area contributed by atoms with E-state index in [9.17, 15) is 0 Å². The number of nitrogens with zero attached hydrogens (tertiary/aromatic N) is 2. The molecule has 4 heteroatoms. The lowest BCUT2D eigenvalue weighted by Crippen LogP contribution is -2.30. The number of fused-ring (bicyclic) bond motifs is 2. The predicted octanol–water partition coefficient (Wildman–Crippen LogP) is 3.45. The van der Waals surface area contributed by atoms with E-state index in [1.807, 2.05) is 13.0 Å². The Bertz CT molecular complexity index is 474. The first kappa shape index (κ1) is 13.7. The zero-order valence-corrected chi connectivity index (χ0v) is 12.8. The molecule has 2 fully saturated rings. The number of aryl methyl sites for hydroxylation is 1. The van der Waals surface area contributed by atoms with E-state index >= 15 is 0 Å². The Morgan fingerprint density at radius 3 is 2.80 bits per heavy atom. The molecule has 2 aliphatic carbocycles. The highest BCUT2D eigenvalue weighted by Gasteiger charge is 2.41. The van der Waals surface area contributed by atoms with Crippen molar-refractivity contribution in [2.45, 2.75) is 52.5 Å². The van der Waals surface area contributed by atoms with Gasteiger partial charge in [-0.25, -0.2) is 4.98 Å². The Balaban J connectivity index is 1.67. The van der Waals surface area contributed by atoms with Crippen LogP contribution in [0.1, 0.15) is 45.2 Å². The quantitative estimate of drug-likeness (QED) is 0.863. The standard InChI is InChI=1S/C16H26N4/c1-4-17-16-18-10(2)7-15(20-16)19-11(3)14-9-12-5-6-13(14)8-12/h7,11-14H,4-6,8-9H2,1-3H3,(H2,17,18,19,20). The minimum atomic E-state index is 0.508. The van der Waals surface area contributed by atoms with Crippen molar-refractivity contribution in [1.29, 1.82) is 0 Å². The summed E-state index contributed by atoms with van der Waals surface area (Å²) in [5.41, 5.74) is 1.01. The van der Waals surface area contributed by atoms with Gasteiger partial charge in [0.25, 0.3) is 0 Å². The summed E-state index contributed by atoms with van der Waals surface area (Å²) < 4.78 is 0. The maximum absolute atomic E-state index is 4.56. The van der Waals surface area contributed by atoms with Crippen LogP contribution in [0.25, 0.3) is 0 Å². The maximum Gasteiger partial charge on any atom is 0.224 e. The van der Waals surface area contributed by atoms with Gasteiger partial charge < -0.3 is 10.6 Å². The topological polar surface area (TPSA) is 49.8 Å². The molecule has 0 aliphatic heterocycles. The normalized spacial score (nSPS) is 29.4. The Hall–Kier alpha value is -1.32. The fraction of sp³-hybridized carbons (Fsp3) is 0.750. The molecule has 2 N–H and O–H groups in total. The van der Waals surface area contributed by atoms with Crippen molar-refractivity contribution in [2.24, 2.45) is 17.8 Å². The minimum Gasteiger partial charge on any atom is -0.367 e. The molecule has 0 spiro atoms. The molecule has 4 nitrogen and oxygen atoms in total. The van der Waals surface area contributed by atoms with E-state index in [-0.39, 0.29) is 0 Å². The molecule has 0 aromatic carbocycles. The highest BCUT2D eigenvalue weighted by Crippen LogP contribution is 2.49. The SMILES string of the molecule is CCNc1nc(C)cc(NC(C)C2CC3CCC2C3)n1. The summed E-state index contributed by atoms with van der Waals surface area (Å²) in [6, 6.07) is 2.55. The van der Waals surface area contributed by atoms with Crippen LogP contribution in [0.4, 0.5) is 11.8 Å². The lowest BCUT2D eigenvalue weighted by atomic mass is 9.84. The Kier molecular flexibility index (Phi) is 3.81. The molecular weight excluding hydrogens is 248 g/mol. The first-order valence-electron chi connectivity index (χ1n) is 8.01. The number of rotatable bonds is 5. The van der Waals surface area contributed by atoms with E-state index in [1.54, 1.807) is 0 Å². The highest BCUT2D eigenvalue weighted by molar-refractivity contribution is 5.43. The fourth-order valence-electron chi connectivity index (χ4n) is 4.13. The lowest BCUT2D eigenvalue weighted by Gasteiger charge is -2.29. The smallest absolute Gasteiger partial charge is 0.224 e. The molecule has 4 unspecified atom stereocenters. The largest absolute Gasteiger partial charge is 0.367 e. The molecule has 0 amide bonds. The molecule has 3 rings (SSSR count). The summed E-state index contributed by atoms with van der Waals surface area (Å²) in [7, 11) is 0. The van der Waals surface area contributed by atoms with Gasteiger partial charge in [-0.15, -0.1) is 0 Å². The first-order chi connectivity index (χ1) is 9.65. The molecule has 0 radical (unpaired) electrons. The van der Waals surface area contributed by atoms with Crippen LogP contribution in [0.15, 0.2) is 6.07 Å². The molecule has 2 saturated carbocycles. The van der Waals surface area contributed by atoms with Crippen molar-refractivity contribution >= 4 is 11.8 Å². The zero-order valence-electron chi connectivity index (χ0n) is 12.8. The van der Waals surface area contributed by atoms with Gasteiger partial charge in [-0.05, 0) is 57.8 Å². The zero-order chi connectivity index (χ0) is 14.1. The summed E-state index contributed by atoms with van der Waals surface area (Å²) in [6.45, 7) is 7.26. The monoisotopic (exact) mass is 274 g/mol. The van der Waals surface area contributed by atoms with Crippen LogP contribution < -0.4 is 10.6 Å². The van der Waals surface area contributed by atoms with Crippen molar-refractivity contribution in [1.82, 2.24) is 9.97 Å². The molecule has 110 valence electrons. The number of anilines is 2. The van der Waals surface area contributed by atoms with Gasteiger partial charge in [0.05, 0.1) is 0 Å². The van der Waals surface area contributed by atoms with Gasteiger partial charge in [0.15, 0.2) is 0 Å². The van der Waals surface area contributed by atoms with Gasteiger partial charge in [-0.2, -0.15) is 4.98 Å². The van der Waals surface area contributed by atoms with Crippen molar-refractivity contribution in [3.8, 4) is 0 Å². The molecule has 2 aliphatic rings. The van der Waals surface area contributed by atoms with Crippen LogP contribution in [-0.2, 0) is 0 Å². The molecule has 0 saturated heterocycles. The van der Waals surface area contributed by atoms with E-state index in [0.717, 1.165) is 41.8 Å². The van der Waals surface area contributed by atoms with Crippen molar-refractivity contribution in [3.05, 3.63) is 11.8 Å². The van der Waals surface area contributed by atoms with E-state index in [0.29, 0.717) is 6.04 Å². The van der Waals surface area contributed by atoms with Gasteiger partial charge in [0.2, 0.25) is 5.95 Å². The average molecular weight is 274 g/mol. The minimum absolute atomic E-state index is 0.508. The number of aromatic nitrogens is 2. The third kappa shape index (κ3) is 2.74. The average Bonchev–Trinajstić information content (AvgIpc) is 3.00. The van der Waals surface area contributed by atoms with Crippen LogP contribution in [0.5, 0.6) is 0 Å². The highest BCUT2D eigenvalue weighted by atomic mass is 15.1. The summed E-state index contributed by atoms with van der Waals surface area (Å²) >= 11 is 0. The number of hydrogen-bond acceptors (Lipinski definition) is 4. The summed E-state index contributed by atoms with van der Waals surface area (Å²) in [4.78, 5) is 8.97. The van der Waals surface area contributed by atoms with Crippen molar-refractivity contribution < 1.29 is 0 Å². The summed E-state index contributed by atoms with van der Waals surface area (Å²) in [6.07, 6.45) is 5.77. The molecule has 20 heavy (non-hydrogen) atoms. The van der Waals surface area contributed by atoms with E-state index < -0.39 is 0 Å². The fourth-order valence-corrected chi connectivity index (χ4v) is 4.13. The van der Waals surface area contributed by atoms with E-state index in [2.05, 4.69) is 34.4 Å². The van der Waals surface area contributed by atoms with Crippen LogP contribution >= 0.6 is 0 Å². The lowest BCUT2D eigenvalue weighted by molar-refractivity contribution is 0.304. The second kappa shape index (κ2) is 5.58. The van der Waals surface area contributed by atoms with Crippen LogP contribution in [0.2, 0.25) is 0 Å². The molecule has 1 aromatic rings. The first-order valence-corrected chi connectivity index (χ1v) is 8.01. The Labute approximate surface area is 121 Å². The van der Waals surface area contributed by atoms with E-state index in [4.69, 9.17) is 0 Å². The Morgan fingerprint density at radius 2 is 2.15 bits per heavy atom. The molecule has 1 aromatic heterocycles. The van der Waals surface area contributed by atoms with Crippen LogP contribution in [0, 0.1) is 24.7 Å². The molecule has 2 bridgehead atoms. The molecule has 4 atom stereocenters. The van der Waals surface area contributed by atoms with Crippen molar-refractivity contribution in [2.75, 3.05) is 17.2 Å². The van der Waals surface area contributed by atoms with Gasteiger partial charge >= 0.3 is 0 Å². The van der Waals surface area contributed by atoms with Crippen molar-refractivity contribution in [3.63, 3.8) is 0 Å². The molecular formula is C16H26N4. The predicted molar refractivity (Wildman–Crippen MR) is 83.0 cm³/mol.